The van der Waals surface area contributed by atoms with Crippen LogP contribution in [0.5, 0.6) is 0 Å². The van der Waals surface area contributed by atoms with E-state index in [0.29, 0.717) is 84.1 Å². The molecule has 0 radical (unpaired) electrons. The first-order valence-electron chi connectivity index (χ1n) is 10.7. The minimum atomic E-state index is -0.684. The number of halogens is 1. The van der Waals surface area contributed by atoms with Crippen molar-refractivity contribution >= 4 is 35.0 Å². The third-order valence-electron chi connectivity index (χ3n) is 4.51. The molecule has 2 amide bonds. The second kappa shape index (κ2) is 18.3. The van der Waals surface area contributed by atoms with Gasteiger partial charge in [-0.15, -0.1) is 11.6 Å². The average Bonchev–Trinajstić information content (AvgIpc) is 2.68. The summed E-state index contributed by atoms with van der Waals surface area (Å²) in [4.78, 5) is 47.4. The number of alkyl halides is 1. The number of Topliss-reactive ketones (excluding diaryl/α,β-unsaturated/α-hetero) is 2. The lowest BCUT2D eigenvalue weighted by molar-refractivity contribution is -0.122. The van der Waals surface area contributed by atoms with Gasteiger partial charge in [-0.2, -0.15) is 0 Å². The summed E-state index contributed by atoms with van der Waals surface area (Å²) in [5.74, 6) is 0.256. The van der Waals surface area contributed by atoms with Crippen LogP contribution >= 0.6 is 11.6 Å². The molecule has 0 aliphatic heterocycles. The van der Waals surface area contributed by atoms with Crippen molar-refractivity contribution in [3.63, 3.8) is 0 Å². The minimum absolute atomic E-state index is 0.0599. The number of hydrogen-bond acceptors (Lipinski definition) is 6. The first-order chi connectivity index (χ1) is 14.2. The summed E-state index contributed by atoms with van der Waals surface area (Å²) in [6.07, 6.45) is 3.87. The number of unbranched alkanes of at least 4 members (excludes halogenated alkanes) is 2. The highest BCUT2D eigenvalue weighted by Crippen LogP contribution is 2.01. The van der Waals surface area contributed by atoms with Gasteiger partial charge >= 0.3 is 0 Å². The summed E-state index contributed by atoms with van der Waals surface area (Å²) < 4.78 is 0. The number of hydrogen-bond donors (Lipinski definition) is 3. The summed E-state index contributed by atoms with van der Waals surface area (Å²) in [5, 5.41) is 15.5. The number of rotatable bonds is 19. The van der Waals surface area contributed by atoms with E-state index in [9.17, 15) is 24.3 Å². The summed E-state index contributed by atoms with van der Waals surface area (Å²) in [6, 6.07) is 0. The van der Waals surface area contributed by atoms with Crippen LogP contribution in [0.1, 0.15) is 65.2 Å². The summed E-state index contributed by atoms with van der Waals surface area (Å²) in [5.41, 5.74) is 0. The Morgan fingerprint density at radius 3 is 1.57 bits per heavy atom. The van der Waals surface area contributed by atoms with Gasteiger partial charge in [0.15, 0.2) is 0 Å². The molecule has 9 heteroatoms. The van der Waals surface area contributed by atoms with Crippen molar-refractivity contribution in [1.29, 1.82) is 0 Å². The van der Waals surface area contributed by atoms with Gasteiger partial charge in [0.25, 0.3) is 0 Å². The smallest absolute Gasteiger partial charge is 0.220 e. The van der Waals surface area contributed by atoms with Gasteiger partial charge in [-0.25, -0.2) is 0 Å². The summed E-state index contributed by atoms with van der Waals surface area (Å²) in [7, 11) is 0. The van der Waals surface area contributed by atoms with Gasteiger partial charge in [-0.05, 0) is 39.5 Å². The predicted octanol–water partition coefficient (Wildman–Crippen LogP) is 1.42. The van der Waals surface area contributed by atoms with E-state index in [4.69, 9.17) is 11.6 Å². The Bertz CT molecular complexity index is 491. The van der Waals surface area contributed by atoms with Crippen molar-refractivity contribution in [2.45, 2.75) is 71.3 Å². The van der Waals surface area contributed by atoms with Crippen LogP contribution in [-0.2, 0) is 19.2 Å². The van der Waals surface area contributed by atoms with Gasteiger partial charge in [0.05, 0.1) is 6.10 Å². The quantitative estimate of drug-likeness (QED) is 0.204. The zero-order valence-corrected chi connectivity index (χ0v) is 19.1. The highest BCUT2D eigenvalue weighted by atomic mass is 35.5. The molecule has 30 heavy (non-hydrogen) atoms. The molecule has 0 aromatic heterocycles. The summed E-state index contributed by atoms with van der Waals surface area (Å²) in [6.45, 7) is 5.36. The molecule has 0 aromatic rings. The van der Waals surface area contributed by atoms with Gasteiger partial charge in [0, 0.05) is 64.3 Å². The number of carbonyl (C=O) groups is 4. The third-order valence-corrected chi connectivity index (χ3v) is 4.87. The number of aliphatic hydroxyl groups is 1. The Balaban J connectivity index is 4.10. The highest BCUT2D eigenvalue weighted by molar-refractivity contribution is 6.18. The van der Waals surface area contributed by atoms with Gasteiger partial charge in [-0.3, -0.25) is 14.5 Å². The van der Waals surface area contributed by atoms with E-state index in [1.54, 1.807) is 13.8 Å². The Labute approximate surface area is 185 Å². The van der Waals surface area contributed by atoms with Gasteiger partial charge in [0.2, 0.25) is 11.8 Å². The largest absolute Gasteiger partial charge is 0.391 e. The maximum Gasteiger partial charge on any atom is 0.220 e. The van der Waals surface area contributed by atoms with E-state index in [-0.39, 0.29) is 29.3 Å². The van der Waals surface area contributed by atoms with E-state index in [0.717, 1.165) is 0 Å². The lowest BCUT2D eigenvalue weighted by atomic mass is 10.1. The van der Waals surface area contributed by atoms with Crippen LogP contribution in [0.4, 0.5) is 0 Å². The monoisotopic (exact) mass is 447 g/mol. The molecule has 0 spiro atoms. The molecule has 0 heterocycles. The second-order valence-corrected chi connectivity index (χ2v) is 7.94. The number of carbonyl (C=O) groups excluding carboxylic acids is 4. The fourth-order valence-electron chi connectivity index (χ4n) is 2.84. The molecular weight excluding hydrogens is 410 g/mol. The number of aliphatic hydroxyl groups excluding tert-OH is 1. The molecule has 1 atom stereocenters. The SMILES string of the molecule is CC(=O)CCCCC(=O)NCCN(CCNC(=O)CCCCC(C)=O)CC(O)CCl. The van der Waals surface area contributed by atoms with Gasteiger partial charge < -0.3 is 25.3 Å². The predicted molar refractivity (Wildman–Crippen MR) is 117 cm³/mol. The van der Waals surface area contributed by atoms with Crippen molar-refractivity contribution < 1.29 is 24.3 Å². The van der Waals surface area contributed by atoms with Crippen molar-refractivity contribution in [2.24, 2.45) is 0 Å². The molecule has 0 saturated heterocycles. The molecule has 0 saturated carbocycles. The Morgan fingerprint density at radius 1 is 0.800 bits per heavy atom. The molecule has 0 fully saturated rings. The molecule has 8 nitrogen and oxygen atoms in total. The molecule has 0 aliphatic rings. The third kappa shape index (κ3) is 18.5. The Kier molecular flexibility index (Phi) is 17.4. The van der Waals surface area contributed by atoms with E-state index >= 15 is 0 Å². The van der Waals surface area contributed by atoms with Crippen molar-refractivity contribution in [3.8, 4) is 0 Å². The maximum atomic E-state index is 11.9. The molecule has 3 N–H and O–H groups in total. The maximum absolute atomic E-state index is 11.9. The van der Waals surface area contributed by atoms with Crippen molar-refractivity contribution in [3.05, 3.63) is 0 Å². The van der Waals surface area contributed by atoms with E-state index in [2.05, 4.69) is 10.6 Å². The number of amides is 2. The Morgan fingerprint density at radius 2 is 1.20 bits per heavy atom. The minimum Gasteiger partial charge on any atom is -0.391 e. The van der Waals surface area contributed by atoms with E-state index < -0.39 is 6.10 Å². The molecule has 0 rings (SSSR count). The topological polar surface area (TPSA) is 116 Å². The molecule has 174 valence electrons. The number of nitrogens with zero attached hydrogens (tertiary/aromatic N) is 1. The van der Waals surface area contributed by atoms with Crippen LogP contribution in [0, 0.1) is 0 Å². The first kappa shape index (κ1) is 28.5. The van der Waals surface area contributed by atoms with Crippen LogP contribution < -0.4 is 10.6 Å². The fourth-order valence-corrected chi connectivity index (χ4v) is 2.94. The van der Waals surface area contributed by atoms with Crippen LogP contribution in [-0.4, -0.2) is 78.1 Å². The van der Waals surface area contributed by atoms with E-state index in [1.807, 2.05) is 4.90 Å². The van der Waals surface area contributed by atoms with Crippen LogP contribution in [0.25, 0.3) is 0 Å². The molecule has 0 bridgehead atoms. The van der Waals surface area contributed by atoms with Gasteiger partial charge in [0.1, 0.15) is 11.6 Å². The standard InChI is InChI=1S/C21H38ClN3O5/c1-17(26)7-3-5-9-20(29)23-11-13-25(16-19(28)15-22)14-12-24-21(30)10-6-4-8-18(2)27/h19,28H,3-16H2,1-2H3,(H,23,29)(H,24,30). The summed E-state index contributed by atoms with van der Waals surface area (Å²) >= 11 is 5.69. The molecule has 0 aromatic carbocycles. The first-order valence-corrected chi connectivity index (χ1v) is 11.3. The van der Waals surface area contributed by atoms with Gasteiger partial charge in [-0.1, -0.05) is 0 Å². The zero-order valence-electron chi connectivity index (χ0n) is 18.4. The van der Waals surface area contributed by atoms with Crippen molar-refractivity contribution in [2.75, 3.05) is 38.6 Å². The van der Waals surface area contributed by atoms with Crippen LogP contribution in [0.2, 0.25) is 0 Å². The van der Waals surface area contributed by atoms with Crippen LogP contribution in [0.15, 0.2) is 0 Å². The van der Waals surface area contributed by atoms with Crippen molar-refractivity contribution in [1.82, 2.24) is 15.5 Å². The fraction of sp³-hybridized carbons (Fsp3) is 0.810. The normalized spacial score (nSPS) is 11.9. The number of nitrogens with one attached hydrogen (secondary N) is 2. The Hall–Kier alpha value is -1.51. The average molecular weight is 448 g/mol. The second-order valence-electron chi connectivity index (χ2n) is 7.63. The zero-order chi connectivity index (χ0) is 22.8. The number of ketones is 2. The molecule has 0 aliphatic carbocycles. The highest BCUT2D eigenvalue weighted by Gasteiger charge is 2.12. The lowest BCUT2D eigenvalue weighted by Gasteiger charge is -2.24. The van der Waals surface area contributed by atoms with E-state index in [1.165, 1.54) is 0 Å². The molecular formula is C21H38ClN3O5. The molecule has 1 unspecified atom stereocenters. The van der Waals surface area contributed by atoms with Crippen LogP contribution in [0.3, 0.4) is 0 Å². The lowest BCUT2D eigenvalue weighted by Crippen LogP contribution is -2.43.